The van der Waals surface area contributed by atoms with Crippen LogP contribution in [0.15, 0.2) is 54.1 Å². The molecule has 2 unspecified atom stereocenters. The predicted octanol–water partition coefficient (Wildman–Crippen LogP) is 4.04. The number of piperidine rings is 1. The minimum absolute atomic E-state index is 0.127. The summed E-state index contributed by atoms with van der Waals surface area (Å²) in [5, 5.41) is 6.10. The molecule has 2 saturated heterocycles. The fraction of sp³-hybridized carbons (Fsp3) is 0.391. The number of benzene rings is 1. The number of nitrogens with zero attached hydrogens (tertiary/aromatic N) is 3. The lowest BCUT2D eigenvalue weighted by atomic mass is 9.79. The highest BCUT2D eigenvalue weighted by atomic mass is 35.5. The van der Waals surface area contributed by atoms with Gasteiger partial charge < -0.3 is 15.1 Å². The van der Waals surface area contributed by atoms with Crippen molar-refractivity contribution in [3.63, 3.8) is 0 Å². The molecule has 1 aromatic carbocycles. The van der Waals surface area contributed by atoms with Crippen molar-refractivity contribution in [1.82, 2.24) is 10.3 Å². The Kier molecular flexibility index (Phi) is 5.25. The second kappa shape index (κ2) is 7.91. The van der Waals surface area contributed by atoms with Crippen LogP contribution in [0.25, 0.3) is 0 Å². The van der Waals surface area contributed by atoms with Crippen LogP contribution in [0.2, 0.25) is 5.02 Å². The number of carbonyl (C=O) groups is 1. The largest absolute Gasteiger partial charge is 0.355 e. The van der Waals surface area contributed by atoms with E-state index >= 15 is 0 Å². The third kappa shape index (κ3) is 3.22. The van der Waals surface area contributed by atoms with E-state index in [1.165, 1.54) is 0 Å². The summed E-state index contributed by atoms with van der Waals surface area (Å²) in [6.45, 7) is 2.68. The van der Waals surface area contributed by atoms with Crippen molar-refractivity contribution < 1.29 is 4.79 Å². The minimum atomic E-state index is -0.615. The van der Waals surface area contributed by atoms with Crippen molar-refractivity contribution in [2.75, 3.05) is 36.5 Å². The van der Waals surface area contributed by atoms with Gasteiger partial charge >= 0.3 is 0 Å². The van der Waals surface area contributed by atoms with Crippen LogP contribution in [0, 0.1) is 5.92 Å². The smallest absolute Gasteiger partial charge is 0.248 e. The van der Waals surface area contributed by atoms with E-state index in [1.54, 1.807) is 11.8 Å². The molecule has 0 spiro atoms. The molecule has 30 heavy (non-hydrogen) atoms. The van der Waals surface area contributed by atoms with Gasteiger partial charge in [0.1, 0.15) is 10.6 Å². The number of anilines is 2. The van der Waals surface area contributed by atoms with Gasteiger partial charge in [-0.25, -0.2) is 4.98 Å². The fourth-order valence-corrected chi connectivity index (χ4v) is 6.28. The number of hydrogen-bond donors (Lipinski definition) is 1. The lowest BCUT2D eigenvalue weighted by Crippen LogP contribution is -2.53. The first kappa shape index (κ1) is 19.9. The number of allylic oxidation sites excluding steroid dienone is 1. The molecule has 1 aromatic heterocycles. The lowest BCUT2D eigenvalue weighted by Gasteiger charge is -2.43. The molecule has 3 aliphatic rings. The van der Waals surface area contributed by atoms with Crippen molar-refractivity contribution in [2.45, 2.75) is 23.6 Å². The molecular weight excluding hydrogens is 416 g/mol. The maximum absolute atomic E-state index is 13.8. The van der Waals surface area contributed by atoms with Gasteiger partial charge in [0.15, 0.2) is 0 Å². The normalized spacial score (nSPS) is 28.3. The van der Waals surface area contributed by atoms with Crippen molar-refractivity contribution in [3.05, 3.63) is 64.7 Å². The number of fused-ring (bicyclic) bond motifs is 1. The molecule has 4 heterocycles. The standard InChI is InChI=1S/C23H25ClN4OS/c1-25-19-9-11-27(15-19)21-7-6-20(14-26-21)28-12-8-17-10-13-30-23(17,22(28)29)16-2-4-18(24)5-3-16/h2-7,10,13-14,17,19,25H,8-9,11-12,15H2,1H3/t17?,19-,23?/m1/s1. The Bertz CT molecular complexity index is 964. The van der Waals surface area contributed by atoms with E-state index in [0.29, 0.717) is 17.6 Å². The van der Waals surface area contributed by atoms with Crippen molar-refractivity contribution in [2.24, 2.45) is 5.92 Å². The molecule has 2 aromatic rings. The van der Waals surface area contributed by atoms with Gasteiger partial charge in [0.2, 0.25) is 5.91 Å². The van der Waals surface area contributed by atoms with Crippen molar-refractivity contribution in [3.8, 4) is 0 Å². The highest BCUT2D eigenvalue weighted by Crippen LogP contribution is 2.54. The number of thioether (sulfide) groups is 1. The van der Waals surface area contributed by atoms with Crippen molar-refractivity contribution >= 4 is 40.8 Å². The second-order valence-corrected chi connectivity index (χ2v) is 9.72. The molecule has 1 N–H and O–H groups in total. The van der Waals surface area contributed by atoms with Gasteiger partial charge in [0.05, 0.1) is 11.9 Å². The van der Waals surface area contributed by atoms with E-state index in [4.69, 9.17) is 16.6 Å². The van der Waals surface area contributed by atoms with E-state index < -0.39 is 4.75 Å². The number of aromatic nitrogens is 1. The van der Waals surface area contributed by atoms with E-state index in [-0.39, 0.29) is 11.8 Å². The number of rotatable bonds is 4. The van der Waals surface area contributed by atoms with Crippen LogP contribution in [0.4, 0.5) is 11.5 Å². The van der Waals surface area contributed by atoms with Crippen LogP contribution in [0.1, 0.15) is 18.4 Å². The van der Waals surface area contributed by atoms with Crippen LogP contribution in [0.3, 0.4) is 0 Å². The Balaban J connectivity index is 1.42. The Morgan fingerprint density at radius 2 is 2.00 bits per heavy atom. The fourth-order valence-electron chi connectivity index (χ4n) is 4.82. The number of likely N-dealkylation sites (N-methyl/N-ethyl adjacent to an activating group) is 1. The molecule has 0 saturated carbocycles. The average molecular weight is 441 g/mol. The molecule has 3 aliphatic heterocycles. The molecule has 7 heteroatoms. The van der Waals surface area contributed by atoms with Gasteiger partial charge in [-0.1, -0.05) is 29.8 Å². The third-order valence-corrected chi connectivity index (χ3v) is 8.18. The number of hydrogen-bond acceptors (Lipinski definition) is 5. The monoisotopic (exact) mass is 440 g/mol. The van der Waals surface area contributed by atoms with Crippen LogP contribution in [-0.2, 0) is 9.54 Å². The van der Waals surface area contributed by atoms with Gasteiger partial charge in [0, 0.05) is 36.6 Å². The first-order valence-electron chi connectivity index (χ1n) is 10.4. The molecule has 0 bridgehead atoms. The number of carbonyl (C=O) groups excluding carboxylic acids is 1. The Morgan fingerprint density at radius 1 is 1.17 bits per heavy atom. The van der Waals surface area contributed by atoms with E-state index in [1.807, 2.05) is 54.5 Å². The summed E-state index contributed by atoms with van der Waals surface area (Å²) in [5.41, 5.74) is 1.88. The molecule has 0 aliphatic carbocycles. The predicted molar refractivity (Wildman–Crippen MR) is 124 cm³/mol. The lowest BCUT2D eigenvalue weighted by molar-refractivity contribution is -0.123. The van der Waals surface area contributed by atoms with Gasteiger partial charge in [0.25, 0.3) is 0 Å². The summed E-state index contributed by atoms with van der Waals surface area (Å²) < 4.78 is -0.615. The van der Waals surface area contributed by atoms with Crippen LogP contribution in [-0.4, -0.2) is 43.6 Å². The maximum Gasteiger partial charge on any atom is 0.248 e. The molecule has 5 nitrogen and oxygen atoms in total. The van der Waals surface area contributed by atoms with E-state index in [2.05, 4.69) is 21.7 Å². The Morgan fingerprint density at radius 3 is 2.70 bits per heavy atom. The topological polar surface area (TPSA) is 48.5 Å². The van der Waals surface area contributed by atoms with Crippen molar-refractivity contribution in [1.29, 1.82) is 0 Å². The second-order valence-electron chi connectivity index (χ2n) is 8.14. The molecular formula is C23H25ClN4OS. The summed E-state index contributed by atoms with van der Waals surface area (Å²) >= 11 is 7.72. The quantitative estimate of drug-likeness (QED) is 0.777. The number of nitrogens with one attached hydrogen (secondary N) is 1. The zero-order chi connectivity index (χ0) is 20.7. The molecule has 2 fully saturated rings. The zero-order valence-corrected chi connectivity index (χ0v) is 18.5. The summed E-state index contributed by atoms with van der Waals surface area (Å²) in [7, 11) is 2.01. The highest BCUT2D eigenvalue weighted by molar-refractivity contribution is 8.04. The Hall–Kier alpha value is -2.02. The third-order valence-electron chi connectivity index (χ3n) is 6.55. The van der Waals surface area contributed by atoms with Gasteiger partial charge in [-0.3, -0.25) is 4.79 Å². The van der Waals surface area contributed by atoms with Crippen LogP contribution < -0.4 is 15.1 Å². The number of halogens is 1. The van der Waals surface area contributed by atoms with Gasteiger partial charge in [-0.15, -0.1) is 11.8 Å². The zero-order valence-electron chi connectivity index (χ0n) is 16.9. The van der Waals surface area contributed by atoms with Crippen LogP contribution >= 0.6 is 23.4 Å². The summed E-state index contributed by atoms with van der Waals surface area (Å²) in [6.07, 6.45) is 6.08. The SMILES string of the molecule is CN[C@@H]1CCN(c2ccc(N3CCC4C=CSC4(c4ccc(Cl)cc4)C3=O)cn2)C1. The Labute approximate surface area is 186 Å². The molecule has 1 amide bonds. The molecule has 5 rings (SSSR count). The summed E-state index contributed by atoms with van der Waals surface area (Å²) in [6, 6.07) is 12.3. The number of amides is 1. The minimum Gasteiger partial charge on any atom is -0.355 e. The van der Waals surface area contributed by atoms with E-state index in [9.17, 15) is 4.79 Å². The number of pyridine rings is 1. The average Bonchev–Trinajstić information content (AvgIpc) is 3.43. The maximum atomic E-state index is 13.8. The summed E-state index contributed by atoms with van der Waals surface area (Å²) in [5.74, 6) is 1.30. The first-order valence-corrected chi connectivity index (χ1v) is 11.7. The van der Waals surface area contributed by atoms with E-state index in [0.717, 1.165) is 43.0 Å². The molecule has 156 valence electrons. The summed E-state index contributed by atoms with van der Waals surface area (Å²) in [4.78, 5) is 22.7. The highest BCUT2D eigenvalue weighted by Gasteiger charge is 2.53. The van der Waals surface area contributed by atoms with Gasteiger partial charge in [-0.2, -0.15) is 0 Å². The van der Waals surface area contributed by atoms with Crippen LogP contribution in [0.5, 0.6) is 0 Å². The van der Waals surface area contributed by atoms with Gasteiger partial charge in [-0.05, 0) is 55.1 Å². The first-order chi connectivity index (χ1) is 14.6. The molecule has 0 radical (unpaired) electrons. The molecule has 3 atom stereocenters.